The molecule has 2 aromatic rings. The molecular weight excluding hydrogens is 312 g/mol. The fourth-order valence-electron chi connectivity index (χ4n) is 3.99. The Kier molecular flexibility index (Phi) is 3.35. The molecule has 1 aromatic carbocycles. The molecule has 25 heavy (non-hydrogen) atoms. The van der Waals surface area contributed by atoms with Crippen molar-refractivity contribution in [2.45, 2.75) is 18.9 Å². The summed E-state index contributed by atoms with van der Waals surface area (Å²) in [6.45, 7) is 1.94. The number of benzene rings is 1. The number of nitrogens with one attached hydrogen (secondary N) is 1. The van der Waals surface area contributed by atoms with Gasteiger partial charge in [-0.1, -0.05) is 30.4 Å². The summed E-state index contributed by atoms with van der Waals surface area (Å²) < 4.78 is 2.20. The number of rotatable bonds is 2. The summed E-state index contributed by atoms with van der Waals surface area (Å²) in [5.74, 6) is 0.244. The number of hydrogen-bond acceptors (Lipinski definition) is 2. The van der Waals surface area contributed by atoms with Crippen LogP contribution in [0.2, 0.25) is 0 Å². The summed E-state index contributed by atoms with van der Waals surface area (Å²) in [6, 6.07) is 10.4. The van der Waals surface area contributed by atoms with E-state index in [0.29, 0.717) is 0 Å². The lowest BCUT2D eigenvalue weighted by molar-refractivity contribution is -0.133. The van der Waals surface area contributed by atoms with Crippen molar-refractivity contribution >= 4 is 28.5 Å². The van der Waals surface area contributed by atoms with Crippen molar-refractivity contribution in [3.05, 3.63) is 54.8 Å². The Labute approximate surface area is 147 Å². The van der Waals surface area contributed by atoms with Crippen molar-refractivity contribution < 1.29 is 4.79 Å². The maximum Gasteiger partial charge on any atom is 0.255 e. The standard InChI is InChI=1S/C20H22N4O/c1-20(18(25)22(2)19(21)23(20)3)15-8-6-9-16(13-15)24-12-11-14-7-4-5-10-17(14)24/h4-12,15,21H,13H2,1-3H3. The second-order valence-electron chi connectivity index (χ2n) is 6.99. The molecule has 2 unspecified atom stereocenters. The highest BCUT2D eigenvalue weighted by Crippen LogP contribution is 2.39. The number of guanidine groups is 1. The molecule has 1 N–H and O–H groups in total. The van der Waals surface area contributed by atoms with Gasteiger partial charge in [-0.15, -0.1) is 0 Å². The summed E-state index contributed by atoms with van der Waals surface area (Å²) in [4.78, 5) is 16.1. The molecule has 1 aliphatic heterocycles. The van der Waals surface area contributed by atoms with E-state index in [4.69, 9.17) is 5.41 Å². The molecular formula is C20H22N4O. The molecule has 2 aliphatic rings. The van der Waals surface area contributed by atoms with Gasteiger partial charge < -0.3 is 9.47 Å². The number of para-hydroxylation sites is 1. The molecule has 128 valence electrons. The molecule has 0 saturated carbocycles. The highest BCUT2D eigenvalue weighted by molar-refractivity contribution is 6.07. The molecule has 0 spiro atoms. The van der Waals surface area contributed by atoms with E-state index >= 15 is 0 Å². The fourth-order valence-corrected chi connectivity index (χ4v) is 3.99. The van der Waals surface area contributed by atoms with Crippen LogP contribution in [0.5, 0.6) is 0 Å². The normalized spacial score (nSPS) is 26.7. The number of nitrogens with zero attached hydrogens (tertiary/aromatic N) is 3. The summed E-state index contributed by atoms with van der Waals surface area (Å²) in [7, 11) is 3.51. The number of aromatic nitrogens is 1. The largest absolute Gasteiger partial charge is 0.331 e. The van der Waals surface area contributed by atoms with Crippen molar-refractivity contribution in [2.75, 3.05) is 14.1 Å². The Hall–Kier alpha value is -2.82. The van der Waals surface area contributed by atoms with Crippen molar-refractivity contribution in [2.24, 2.45) is 5.92 Å². The van der Waals surface area contributed by atoms with E-state index in [0.717, 1.165) is 12.1 Å². The van der Waals surface area contributed by atoms with Gasteiger partial charge >= 0.3 is 0 Å². The molecule has 0 bridgehead atoms. The number of fused-ring (bicyclic) bond motifs is 1. The Morgan fingerprint density at radius 3 is 2.68 bits per heavy atom. The molecule has 1 amide bonds. The summed E-state index contributed by atoms with van der Waals surface area (Å²) in [5, 5.41) is 9.35. The van der Waals surface area contributed by atoms with Crippen LogP contribution in [-0.2, 0) is 4.79 Å². The number of hydrogen-bond donors (Lipinski definition) is 1. The van der Waals surface area contributed by atoms with Gasteiger partial charge in [-0.05, 0) is 36.9 Å². The molecule has 5 heteroatoms. The Morgan fingerprint density at radius 1 is 1.20 bits per heavy atom. The number of carbonyl (C=O) groups is 1. The van der Waals surface area contributed by atoms with Crippen LogP contribution in [0.4, 0.5) is 0 Å². The van der Waals surface area contributed by atoms with E-state index in [2.05, 4.69) is 41.1 Å². The Bertz CT molecular complexity index is 938. The first kappa shape index (κ1) is 15.7. The van der Waals surface area contributed by atoms with Gasteiger partial charge in [0.2, 0.25) is 5.96 Å². The first-order valence-electron chi connectivity index (χ1n) is 8.49. The van der Waals surface area contributed by atoms with Crippen LogP contribution in [-0.4, -0.2) is 45.9 Å². The van der Waals surface area contributed by atoms with E-state index in [1.165, 1.54) is 15.8 Å². The van der Waals surface area contributed by atoms with Crippen LogP contribution in [0, 0.1) is 11.3 Å². The van der Waals surface area contributed by atoms with Crippen LogP contribution in [0.15, 0.2) is 54.8 Å². The minimum absolute atomic E-state index is 0.0106. The first-order chi connectivity index (χ1) is 11.9. The molecule has 2 atom stereocenters. The Morgan fingerprint density at radius 2 is 1.96 bits per heavy atom. The van der Waals surface area contributed by atoms with Gasteiger partial charge in [-0.25, -0.2) is 0 Å². The van der Waals surface area contributed by atoms with Crippen LogP contribution in [0.25, 0.3) is 16.6 Å². The highest BCUT2D eigenvalue weighted by Gasteiger charge is 2.53. The predicted molar refractivity (Wildman–Crippen MR) is 100 cm³/mol. The summed E-state index contributed by atoms with van der Waals surface area (Å²) >= 11 is 0. The summed E-state index contributed by atoms with van der Waals surface area (Å²) in [6.07, 6.45) is 9.08. The smallest absolute Gasteiger partial charge is 0.255 e. The van der Waals surface area contributed by atoms with E-state index in [1.807, 2.05) is 32.2 Å². The zero-order valence-corrected chi connectivity index (χ0v) is 14.7. The van der Waals surface area contributed by atoms with Crippen LogP contribution in [0.3, 0.4) is 0 Å². The van der Waals surface area contributed by atoms with Crippen molar-refractivity contribution in [1.29, 1.82) is 5.41 Å². The van der Waals surface area contributed by atoms with Crippen molar-refractivity contribution in [3.63, 3.8) is 0 Å². The Balaban J connectivity index is 1.70. The van der Waals surface area contributed by atoms with Crippen molar-refractivity contribution in [1.82, 2.24) is 14.4 Å². The van der Waals surface area contributed by atoms with Gasteiger partial charge in [-0.2, -0.15) is 0 Å². The van der Waals surface area contributed by atoms with E-state index < -0.39 is 5.54 Å². The average Bonchev–Trinajstić information content (AvgIpc) is 3.14. The van der Waals surface area contributed by atoms with Gasteiger partial charge in [0.15, 0.2) is 0 Å². The fraction of sp³-hybridized carbons (Fsp3) is 0.300. The molecule has 5 nitrogen and oxygen atoms in total. The second-order valence-corrected chi connectivity index (χ2v) is 6.99. The van der Waals surface area contributed by atoms with E-state index in [1.54, 1.807) is 11.9 Å². The molecule has 1 fully saturated rings. The van der Waals surface area contributed by atoms with Gasteiger partial charge in [0.05, 0.1) is 5.52 Å². The van der Waals surface area contributed by atoms with Crippen LogP contribution >= 0.6 is 0 Å². The van der Waals surface area contributed by atoms with Gasteiger partial charge in [0, 0.05) is 31.9 Å². The van der Waals surface area contributed by atoms with Gasteiger partial charge in [0.1, 0.15) is 5.54 Å². The maximum absolute atomic E-state index is 12.8. The lowest BCUT2D eigenvalue weighted by atomic mass is 9.79. The SMILES string of the molecule is CN1C(=N)N(C)C(C)(C2C=CC=C(n3ccc4ccccc43)C2)C1=O. The third-order valence-corrected chi connectivity index (χ3v) is 5.76. The zero-order chi connectivity index (χ0) is 17.8. The minimum atomic E-state index is -0.731. The van der Waals surface area contributed by atoms with Gasteiger partial charge in [-0.3, -0.25) is 15.1 Å². The predicted octanol–water partition coefficient (Wildman–Crippen LogP) is 3.16. The monoisotopic (exact) mass is 334 g/mol. The van der Waals surface area contributed by atoms with Gasteiger partial charge in [0.25, 0.3) is 5.91 Å². The molecule has 1 aromatic heterocycles. The topological polar surface area (TPSA) is 52.3 Å². The lowest BCUT2D eigenvalue weighted by Crippen LogP contribution is -2.51. The molecule has 0 radical (unpaired) electrons. The number of amides is 1. The highest BCUT2D eigenvalue weighted by atomic mass is 16.2. The molecule has 2 heterocycles. The number of carbonyl (C=O) groups excluding carboxylic acids is 1. The van der Waals surface area contributed by atoms with Crippen molar-refractivity contribution in [3.8, 4) is 0 Å². The van der Waals surface area contributed by atoms with E-state index in [-0.39, 0.29) is 17.8 Å². The average molecular weight is 334 g/mol. The third-order valence-electron chi connectivity index (χ3n) is 5.76. The van der Waals surface area contributed by atoms with Crippen LogP contribution < -0.4 is 0 Å². The number of likely N-dealkylation sites (N-methyl/N-ethyl adjacent to an activating group) is 2. The molecule has 1 aliphatic carbocycles. The third kappa shape index (κ3) is 2.08. The van der Waals surface area contributed by atoms with Crippen LogP contribution in [0.1, 0.15) is 13.3 Å². The minimum Gasteiger partial charge on any atom is -0.331 e. The first-order valence-corrected chi connectivity index (χ1v) is 8.49. The summed E-state index contributed by atoms with van der Waals surface area (Å²) in [5.41, 5.74) is 1.60. The second kappa shape index (κ2) is 5.34. The number of allylic oxidation sites excluding steroid dienone is 3. The molecule has 1 saturated heterocycles. The zero-order valence-electron chi connectivity index (χ0n) is 14.7. The molecule has 4 rings (SSSR count). The quantitative estimate of drug-likeness (QED) is 0.917. The lowest BCUT2D eigenvalue weighted by Gasteiger charge is -2.37. The maximum atomic E-state index is 12.8. The van der Waals surface area contributed by atoms with E-state index in [9.17, 15) is 4.79 Å².